The Balaban J connectivity index is 1.55. The van der Waals surface area contributed by atoms with Gasteiger partial charge in [-0.05, 0) is 70.3 Å². The fourth-order valence-electron chi connectivity index (χ4n) is 6.93. The van der Waals surface area contributed by atoms with E-state index in [1.807, 2.05) is 33.8 Å². The van der Waals surface area contributed by atoms with Crippen LogP contribution in [-0.2, 0) is 30.5 Å². The van der Waals surface area contributed by atoms with Gasteiger partial charge in [0, 0.05) is 18.0 Å². The highest BCUT2D eigenvalue weighted by Crippen LogP contribution is 2.65. The number of fused-ring (bicyclic) bond motifs is 1. The molecule has 0 aromatic heterocycles. The highest BCUT2D eigenvalue weighted by Gasteiger charge is 2.70. The SMILES string of the molecule is C[C@@H](OC(C)(C)C(F)(F)F)[C@H](NC(=O)OCc1ccccc1)C(=O)N1C[C@H]2[C@@H]([C@H]1C(=O)N[C@H](C#N)C[C@@H]1CC(C)(C)NC1=O)C2(C)C. The molecule has 4 rings (SSSR count). The lowest BCUT2D eigenvalue weighted by Gasteiger charge is -2.37. The molecule has 1 aliphatic carbocycles. The van der Waals surface area contributed by atoms with Crippen LogP contribution in [0.2, 0.25) is 0 Å². The van der Waals surface area contributed by atoms with E-state index in [2.05, 4.69) is 16.0 Å². The van der Waals surface area contributed by atoms with Crippen molar-refractivity contribution in [3.05, 3.63) is 35.9 Å². The summed E-state index contributed by atoms with van der Waals surface area (Å²) < 4.78 is 51.9. The van der Waals surface area contributed by atoms with Crippen LogP contribution < -0.4 is 16.0 Å². The van der Waals surface area contributed by atoms with Gasteiger partial charge < -0.3 is 30.3 Å². The van der Waals surface area contributed by atoms with Gasteiger partial charge in [-0.2, -0.15) is 18.4 Å². The van der Waals surface area contributed by atoms with E-state index >= 15 is 0 Å². The van der Waals surface area contributed by atoms with Gasteiger partial charge in [0.2, 0.25) is 17.7 Å². The molecule has 1 aromatic carbocycles. The number of piperidine rings is 1. The molecule has 14 heteroatoms. The minimum atomic E-state index is -4.79. The van der Waals surface area contributed by atoms with Crippen molar-refractivity contribution in [3.63, 3.8) is 0 Å². The summed E-state index contributed by atoms with van der Waals surface area (Å²) in [5.74, 6) is -2.54. The number of alkyl halides is 3. The molecule has 0 radical (unpaired) electrons. The number of carbonyl (C=O) groups is 4. The monoisotopic (exact) mass is 663 g/mol. The molecule has 0 bridgehead atoms. The number of ether oxygens (including phenoxy) is 2. The normalized spacial score (nSPS) is 26.2. The zero-order chi connectivity index (χ0) is 35.1. The molecule has 2 saturated heterocycles. The fraction of sp³-hybridized carbons (Fsp3) is 0.667. The number of rotatable bonds is 11. The standard InChI is InChI=1S/C33H44F3N5O6/c1-18(47-32(6,7)33(34,35)36)24(39-29(45)46-17-19-11-9-8-10-12-19)28(44)41-16-22-23(31(22,4)5)25(41)27(43)38-21(15-37)13-20-14-30(2,3)40-26(20)42/h8-12,18,20-25H,13-14,16-17H2,1-7H3,(H,38,43)(H,39,45)(H,40,42)/t18-,20-,21+,22+,23+,24+,25+/m1/s1. The lowest BCUT2D eigenvalue weighted by Crippen LogP contribution is -2.61. The lowest BCUT2D eigenvalue weighted by atomic mass is 9.91. The number of hydrogen-bond acceptors (Lipinski definition) is 7. The molecular formula is C33H44F3N5O6. The molecule has 258 valence electrons. The Labute approximate surface area is 272 Å². The molecule has 2 heterocycles. The summed E-state index contributed by atoms with van der Waals surface area (Å²) in [5, 5.41) is 17.8. The highest BCUT2D eigenvalue weighted by molar-refractivity contribution is 5.93. The van der Waals surface area contributed by atoms with Crippen molar-refractivity contribution in [3.8, 4) is 6.07 Å². The second kappa shape index (κ2) is 13.0. The maximum atomic E-state index is 14.2. The molecule has 3 N–H and O–H groups in total. The fourth-order valence-corrected chi connectivity index (χ4v) is 6.93. The van der Waals surface area contributed by atoms with E-state index in [-0.39, 0.29) is 42.7 Å². The Bertz CT molecular complexity index is 1410. The van der Waals surface area contributed by atoms with Gasteiger partial charge in [0.25, 0.3) is 0 Å². The zero-order valence-electron chi connectivity index (χ0n) is 27.7. The Kier molecular flexibility index (Phi) is 9.93. The molecule has 2 aliphatic heterocycles. The molecule has 7 atom stereocenters. The van der Waals surface area contributed by atoms with Gasteiger partial charge in [-0.3, -0.25) is 14.4 Å². The molecule has 0 unspecified atom stereocenters. The summed E-state index contributed by atoms with van der Waals surface area (Å²) in [6.45, 7) is 10.5. The molecular weight excluding hydrogens is 619 g/mol. The number of alkyl carbamates (subject to hydrolysis) is 1. The molecule has 4 amide bonds. The first-order valence-corrected chi connectivity index (χ1v) is 15.7. The smallest absolute Gasteiger partial charge is 0.416 e. The zero-order valence-corrected chi connectivity index (χ0v) is 27.7. The quantitative estimate of drug-likeness (QED) is 0.326. The van der Waals surface area contributed by atoms with E-state index in [0.717, 1.165) is 13.8 Å². The largest absolute Gasteiger partial charge is 0.445 e. The maximum absolute atomic E-state index is 14.2. The van der Waals surface area contributed by atoms with Crippen LogP contribution in [0.1, 0.15) is 66.9 Å². The van der Waals surface area contributed by atoms with E-state index in [4.69, 9.17) is 9.47 Å². The van der Waals surface area contributed by atoms with Crippen LogP contribution in [0.15, 0.2) is 30.3 Å². The van der Waals surface area contributed by atoms with Crippen molar-refractivity contribution in [2.24, 2.45) is 23.2 Å². The Morgan fingerprint density at radius 2 is 1.77 bits per heavy atom. The topological polar surface area (TPSA) is 150 Å². The molecule has 3 fully saturated rings. The first kappa shape index (κ1) is 36.0. The van der Waals surface area contributed by atoms with Crippen LogP contribution in [0.5, 0.6) is 0 Å². The Morgan fingerprint density at radius 3 is 2.32 bits per heavy atom. The second-order valence-corrected chi connectivity index (χ2v) is 14.6. The van der Waals surface area contributed by atoms with Crippen LogP contribution >= 0.6 is 0 Å². The first-order chi connectivity index (χ1) is 21.7. The Morgan fingerprint density at radius 1 is 1.13 bits per heavy atom. The number of nitriles is 1. The van der Waals surface area contributed by atoms with Crippen molar-refractivity contribution < 1.29 is 41.8 Å². The second-order valence-electron chi connectivity index (χ2n) is 14.6. The number of nitrogens with zero attached hydrogens (tertiary/aromatic N) is 2. The number of amides is 4. The molecule has 47 heavy (non-hydrogen) atoms. The average Bonchev–Trinajstić information content (AvgIpc) is 3.24. The average molecular weight is 664 g/mol. The molecule has 1 aromatic rings. The summed E-state index contributed by atoms with van der Waals surface area (Å²) >= 11 is 0. The van der Waals surface area contributed by atoms with Crippen LogP contribution in [0, 0.1) is 34.5 Å². The third-order valence-corrected chi connectivity index (χ3v) is 9.73. The molecule has 1 saturated carbocycles. The van der Waals surface area contributed by atoms with Crippen molar-refractivity contribution in [2.45, 2.75) is 109 Å². The number of benzene rings is 1. The number of halogens is 3. The van der Waals surface area contributed by atoms with Gasteiger partial charge in [-0.1, -0.05) is 44.2 Å². The number of likely N-dealkylation sites (tertiary alicyclic amines) is 1. The molecule has 0 spiro atoms. The van der Waals surface area contributed by atoms with Crippen molar-refractivity contribution in [1.82, 2.24) is 20.9 Å². The molecule has 11 nitrogen and oxygen atoms in total. The molecule has 3 aliphatic rings. The van der Waals surface area contributed by atoms with Gasteiger partial charge in [-0.25, -0.2) is 4.79 Å². The predicted molar refractivity (Wildman–Crippen MR) is 163 cm³/mol. The highest BCUT2D eigenvalue weighted by atomic mass is 19.4. The maximum Gasteiger partial charge on any atom is 0.416 e. The van der Waals surface area contributed by atoms with E-state index in [0.29, 0.717) is 12.0 Å². The summed E-state index contributed by atoms with van der Waals surface area (Å²) in [4.78, 5) is 54.6. The van der Waals surface area contributed by atoms with Crippen LogP contribution in [-0.4, -0.2) is 76.8 Å². The van der Waals surface area contributed by atoms with Gasteiger partial charge in [0.05, 0.1) is 12.2 Å². The third-order valence-electron chi connectivity index (χ3n) is 9.73. The van der Waals surface area contributed by atoms with Gasteiger partial charge in [-0.15, -0.1) is 0 Å². The van der Waals surface area contributed by atoms with Crippen LogP contribution in [0.25, 0.3) is 0 Å². The van der Waals surface area contributed by atoms with Crippen LogP contribution in [0.4, 0.5) is 18.0 Å². The predicted octanol–water partition coefficient (Wildman–Crippen LogP) is 3.82. The van der Waals surface area contributed by atoms with Gasteiger partial charge in [0.15, 0.2) is 5.60 Å². The lowest BCUT2D eigenvalue weighted by molar-refractivity contribution is -0.276. The Hall–Kier alpha value is -3.86. The third kappa shape index (κ3) is 7.83. The van der Waals surface area contributed by atoms with Gasteiger partial charge >= 0.3 is 12.3 Å². The van der Waals surface area contributed by atoms with E-state index in [1.54, 1.807) is 30.3 Å². The summed E-state index contributed by atoms with van der Waals surface area (Å²) in [7, 11) is 0. The number of carbonyl (C=O) groups excluding carboxylic acids is 4. The number of hydrogen-bond donors (Lipinski definition) is 3. The number of nitrogens with one attached hydrogen (secondary N) is 3. The minimum Gasteiger partial charge on any atom is -0.445 e. The van der Waals surface area contributed by atoms with E-state index < -0.39 is 65.4 Å². The van der Waals surface area contributed by atoms with Crippen molar-refractivity contribution in [2.75, 3.05) is 6.54 Å². The summed E-state index contributed by atoms with van der Waals surface area (Å²) in [6, 6.07) is 6.98. The summed E-state index contributed by atoms with van der Waals surface area (Å²) in [5.41, 5.74) is -2.80. The van der Waals surface area contributed by atoms with Gasteiger partial charge in [0.1, 0.15) is 24.7 Å². The van der Waals surface area contributed by atoms with E-state index in [9.17, 15) is 37.6 Å². The first-order valence-electron chi connectivity index (χ1n) is 15.7. The minimum absolute atomic E-state index is 0.0739. The van der Waals surface area contributed by atoms with Crippen molar-refractivity contribution >= 4 is 23.8 Å². The van der Waals surface area contributed by atoms with Crippen molar-refractivity contribution in [1.29, 1.82) is 5.26 Å². The summed E-state index contributed by atoms with van der Waals surface area (Å²) in [6.07, 6.45) is -6.79. The van der Waals surface area contributed by atoms with Crippen LogP contribution in [0.3, 0.4) is 0 Å². The van der Waals surface area contributed by atoms with E-state index in [1.165, 1.54) is 11.8 Å².